The second-order valence-corrected chi connectivity index (χ2v) is 8.86. The van der Waals surface area contributed by atoms with E-state index in [1.165, 1.54) is 30.3 Å². The topological polar surface area (TPSA) is 88.2 Å². The summed E-state index contributed by atoms with van der Waals surface area (Å²) in [6.07, 6.45) is -3.49. The average molecular weight is 463 g/mol. The molecule has 168 valence electrons. The van der Waals surface area contributed by atoms with E-state index in [2.05, 4.69) is 15.0 Å². The molecule has 0 bridgehead atoms. The smallest absolute Gasteiger partial charge is 0.348 e. The largest absolute Gasteiger partial charge is 0.433 e. The fourth-order valence-corrected chi connectivity index (χ4v) is 3.90. The summed E-state index contributed by atoms with van der Waals surface area (Å²) in [5.74, 6) is -0.513. The first-order valence-electron chi connectivity index (χ1n) is 9.46. The van der Waals surface area contributed by atoms with Crippen LogP contribution in [0.5, 0.6) is 0 Å². The summed E-state index contributed by atoms with van der Waals surface area (Å²) < 4.78 is 65.6. The minimum atomic E-state index is -4.54. The van der Waals surface area contributed by atoms with Crippen LogP contribution in [-0.2, 0) is 22.7 Å². The molecule has 0 atom stereocenters. The minimum Gasteiger partial charge on any atom is -0.348 e. The van der Waals surface area contributed by atoms with Crippen molar-refractivity contribution in [2.24, 2.45) is 0 Å². The minimum absolute atomic E-state index is 0.0394. The number of halogens is 3. The van der Waals surface area contributed by atoms with Crippen molar-refractivity contribution >= 4 is 21.6 Å². The van der Waals surface area contributed by atoms with Gasteiger partial charge in [0.1, 0.15) is 5.69 Å². The number of rotatable bonds is 6. The van der Waals surface area contributed by atoms with E-state index in [4.69, 9.17) is 0 Å². The zero-order chi connectivity index (χ0) is 23.5. The van der Waals surface area contributed by atoms with Crippen molar-refractivity contribution in [1.29, 1.82) is 0 Å². The number of benzene rings is 2. The lowest BCUT2D eigenvalue weighted by molar-refractivity contribution is -0.141. The molecule has 0 aliphatic heterocycles. The Morgan fingerprint density at radius 1 is 1.00 bits per heavy atom. The monoisotopic (exact) mass is 463 g/mol. The van der Waals surface area contributed by atoms with E-state index in [1.54, 1.807) is 25.1 Å². The van der Waals surface area contributed by atoms with Crippen LogP contribution >= 0.6 is 0 Å². The van der Waals surface area contributed by atoms with Crippen LogP contribution in [0.2, 0.25) is 0 Å². The summed E-state index contributed by atoms with van der Waals surface area (Å²) in [5, 5.41) is 2.58. The molecule has 3 aromatic rings. The molecule has 1 heterocycles. The van der Waals surface area contributed by atoms with Crippen molar-refractivity contribution in [3.05, 3.63) is 88.7 Å². The number of hydrogen-bond acceptors (Lipinski definition) is 4. The zero-order valence-corrected chi connectivity index (χ0v) is 18.0. The van der Waals surface area contributed by atoms with Crippen LogP contribution in [0.15, 0.2) is 65.7 Å². The fourth-order valence-electron chi connectivity index (χ4n) is 2.78. The number of pyridine rings is 1. The van der Waals surface area contributed by atoms with Crippen LogP contribution < -0.4 is 10.0 Å². The molecule has 2 aromatic carbocycles. The third-order valence-electron chi connectivity index (χ3n) is 4.64. The molecule has 32 heavy (non-hydrogen) atoms. The Morgan fingerprint density at radius 2 is 1.69 bits per heavy atom. The first-order valence-corrected chi connectivity index (χ1v) is 10.9. The molecule has 0 aliphatic carbocycles. The maximum Gasteiger partial charge on any atom is 0.433 e. The Kier molecular flexibility index (Phi) is 6.54. The Bertz CT molecular complexity index is 1220. The quantitative estimate of drug-likeness (QED) is 0.566. The number of anilines is 1. The molecule has 1 amide bonds. The highest BCUT2D eigenvalue weighted by molar-refractivity contribution is 7.92. The van der Waals surface area contributed by atoms with Gasteiger partial charge in [0.25, 0.3) is 15.9 Å². The molecule has 0 radical (unpaired) electrons. The Labute approximate surface area is 183 Å². The predicted molar refractivity (Wildman–Crippen MR) is 114 cm³/mol. The molecule has 0 fully saturated rings. The van der Waals surface area contributed by atoms with Crippen LogP contribution in [0.3, 0.4) is 0 Å². The van der Waals surface area contributed by atoms with Gasteiger partial charge in [-0.3, -0.25) is 14.5 Å². The van der Waals surface area contributed by atoms with E-state index in [-0.39, 0.29) is 22.7 Å². The summed E-state index contributed by atoms with van der Waals surface area (Å²) in [5.41, 5.74) is 1.34. The van der Waals surface area contributed by atoms with Gasteiger partial charge < -0.3 is 5.32 Å². The number of amides is 1. The lowest BCUT2D eigenvalue weighted by atomic mass is 10.1. The summed E-state index contributed by atoms with van der Waals surface area (Å²) in [6, 6.07) is 12.9. The third kappa shape index (κ3) is 5.64. The molecule has 0 saturated heterocycles. The maximum absolute atomic E-state index is 12.7. The van der Waals surface area contributed by atoms with Crippen molar-refractivity contribution in [3.63, 3.8) is 0 Å². The van der Waals surface area contributed by atoms with Gasteiger partial charge >= 0.3 is 6.18 Å². The maximum atomic E-state index is 12.7. The molecule has 0 spiro atoms. The molecule has 2 N–H and O–H groups in total. The van der Waals surface area contributed by atoms with E-state index >= 15 is 0 Å². The van der Waals surface area contributed by atoms with Crippen molar-refractivity contribution in [1.82, 2.24) is 10.3 Å². The molecule has 0 aliphatic rings. The van der Waals surface area contributed by atoms with E-state index in [0.717, 1.165) is 17.8 Å². The van der Waals surface area contributed by atoms with E-state index in [0.29, 0.717) is 11.1 Å². The molecule has 10 heteroatoms. The van der Waals surface area contributed by atoms with Crippen molar-refractivity contribution in [2.75, 3.05) is 4.72 Å². The van der Waals surface area contributed by atoms with Gasteiger partial charge in [0, 0.05) is 18.3 Å². The highest BCUT2D eigenvalue weighted by Gasteiger charge is 2.32. The van der Waals surface area contributed by atoms with E-state index in [9.17, 15) is 26.4 Å². The van der Waals surface area contributed by atoms with Crippen LogP contribution in [0.4, 0.5) is 18.9 Å². The van der Waals surface area contributed by atoms with Gasteiger partial charge in [0.05, 0.1) is 10.6 Å². The average Bonchev–Trinajstić information content (AvgIpc) is 2.73. The number of aromatic nitrogens is 1. The number of nitrogens with zero attached hydrogens (tertiary/aromatic N) is 1. The summed E-state index contributed by atoms with van der Waals surface area (Å²) >= 11 is 0. The van der Waals surface area contributed by atoms with Crippen LogP contribution in [0.25, 0.3) is 0 Å². The van der Waals surface area contributed by atoms with Gasteiger partial charge in [0.15, 0.2) is 0 Å². The number of carbonyl (C=O) groups excluding carboxylic acids is 1. The lowest BCUT2D eigenvalue weighted by Gasteiger charge is -2.13. The van der Waals surface area contributed by atoms with Gasteiger partial charge in [-0.1, -0.05) is 29.8 Å². The normalized spacial score (nSPS) is 11.8. The second kappa shape index (κ2) is 8.99. The van der Waals surface area contributed by atoms with Crippen molar-refractivity contribution in [2.45, 2.75) is 31.5 Å². The van der Waals surface area contributed by atoms with Crippen LogP contribution in [0, 0.1) is 13.8 Å². The van der Waals surface area contributed by atoms with Crippen LogP contribution in [0.1, 0.15) is 32.7 Å². The van der Waals surface area contributed by atoms with Crippen molar-refractivity contribution in [3.8, 4) is 0 Å². The molecule has 0 saturated carbocycles. The third-order valence-corrected chi connectivity index (χ3v) is 6.03. The molecular formula is C22H20F3N3O3S. The predicted octanol–water partition coefficient (Wildman–Crippen LogP) is 4.45. The van der Waals surface area contributed by atoms with Crippen molar-refractivity contribution < 1.29 is 26.4 Å². The summed E-state index contributed by atoms with van der Waals surface area (Å²) in [7, 11) is -3.85. The Hall–Kier alpha value is -3.40. The SMILES string of the molecule is Cc1ccc(S(=O)(=O)Nc2cc(C(=O)NCc3ccc(C(F)(F)F)nc3)ccc2C)cc1. The number of aryl methyl sites for hydroxylation is 2. The first-order chi connectivity index (χ1) is 15.0. The van der Waals surface area contributed by atoms with Gasteiger partial charge in [0.2, 0.25) is 0 Å². The fraction of sp³-hybridized carbons (Fsp3) is 0.182. The molecule has 0 unspecified atom stereocenters. The van der Waals surface area contributed by atoms with Gasteiger partial charge in [-0.05, 0) is 55.3 Å². The lowest BCUT2D eigenvalue weighted by Crippen LogP contribution is -2.23. The van der Waals surface area contributed by atoms with E-state index < -0.39 is 27.8 Å². The highest BCUT2D eigenvalue weighted by atomic mass is 32.2. The number of hydrogen-bond donors (Lipinski definition) is 2. The number of alkyl halides is 3. The summed E-state index contributed by atoms with van der Waals surface area (Å²) in [4.78, 5) is 15.9. The Balaban J connectivity index is 1.72. The molecule has 1 aromatic heterocycles. The van der Waals surface area contributed by atoms with Gasteiger partial charge in [-0.15, -0.1) is 0 Å². The first kappa shape index (κ1) is 23.3. The van der Waals surface area contributed by atoms with Gasteiger partial charge in [-0.2, -0.15) is 13.2 Å². The Morgan fingerprint density at radius 3 is 2.28 bits per heavy atom. The zero-order valence-electron chi connectivity index (χ0n) is 17.2. The van der Waals surface area contributed by atoms with Crippen LogP contribution in [-0.4, -0.2) is 19.3 Å². The molecular weight excluding hydrogens is 443 g/mol. The number of nitrogens with one attached hydrogen (secondary N) is 2. The highest BCUT2D eigenvalue weighted by Crippen LogP contribution is 2.27. The van der Waals surface area contributed by atoms with E-state index in [1.807, 2.05) is 6.92 Å². The number of carbonyl (C=O) groups is 1. The molecule has 6 nitrogen and oxygen atoms in total. The van der Waals surface area contributed by atoms with Gasteiger partial charge in [-0.25, -0.2) is 8.42 Å². The summed E-state index contributed by atoms with van der Waals surface area (Å²) in [6.45, 7) is 3.50. The standard InChI is InChI=1S/C22H20F3N3O3S/c1-14-3-8-18(9-4-14)32(30,31)28-19-11-17(7-5-15(19)2)21(29)27-13-16-6-10-20(26-12-16)22(23,24)25/h3-12,28H,13H2,1-2H3,(H,27,29). The molecule has 3 rings (SSSR count). The number of sulfonamides is 1. The second-order valence-electron chi connectivity index (χ2n) is 7.18.